The van der Waals surface area contributed by atoms with Crippen LogP contribution in [0.3, 0.4) is 0 Å². The minimum absolute atomic E-state index is 0.0987. The fraction of sp³-hybridized carbons (Fsp3) is 0.250. The van der Waals surface area contributed by atoms with E-state index in [1.54, 1.807) is 12.1 Å². The molecule has 0 bridgehead atoms. The van der Waals surface area contributed by atoms with E-state index < -0.39 is 10.0 Å². The second kappa shape index (κ2) is 6.81. The molecule has 2 aromatic rings. The van der Waals surface area contributed by atoms with Crippen LogP contribution in [0.25, 0.3) is 0 Å². The van der Waals surface area contributed by atoms with Crippen LogP contribution >= 0.6 is 0 Å². The molecule has 0 aliphatic rings. The summed E-state index contributed by atoms with van der Waals surface area (Å²) in [6.45, 7) is 4.55. The lowest BCUT2D eigenvalue weighted by molar-refractivity contribution is 0.240. The lowest BCUT2D eigenvalue weighted by Gasteiger charge is -2.15. The van der Waals surface area contributed by atoms with Gasteiger partial charge >= 0.3 is 0 Å². The second-order valence-electron chi connectivity index (χ2n) is 5.20. The van der Waals surface area contributed by atoms with Crippen LogP contribution < -0.4 is 15.2 Å². The van der Waals surface area contributed by atoms with Gasteiger partial charge < -0.3 is 10.1 Å². The van der Waals surface area contributed by atoms with Crippen molar-refractivity contribution in [1.29, 1.82) is 0 Å². The summed E-state index contributed by atoms with van der Waals surface area (Å²) in [5, 5.41) is 8.31. The molecule has 118 valence electrons. The minimum Gasteiger partial charge on any atom is -0.491 e. The second-order valence-corrected chi connectivity index (χ2v) is 6.76. The fourth-order valence-electron chi connectivity index (χ4n) is 1.98. The van der Waals surface area contributed by atoms with Gasteiger partial charge in [-0.15, -0.1) is 0 Å². The average Bonchev–Trinajstić information content (AvgIpc) is 2.45. The van der Waals surface area contributed by atoms with Gasteiger partial charge in [-0.3, -0.25) is 0 Å². The molecule has 0 aliphatic heterocycles. The van der Waals surface area contributed by atoms with Crippen LogP contribution in [-0.4, -0.2) is 14.5 Å². The maximum Gasteiger partial charge on any atom is 0.238 e. The number of nitrogens with two attached hydrogens (primary N) is 1. The van der Waals surface area contributed by atoms with Crippen molar-refractivity contribution < 1.29 is 13.2 Å². The van der Waals surface area contributed by atoms with Gasteiger partial charge in [0.15, 0.2) is 0 Å². The minimum atomic E-state index is -3.65. The third kappa shape index (κ3) is 4.47. The van der Waals surface area contributed by atoms with Gasteiger partial charge in [0.2, 0.25) is 10.0 Å². The molecule has 0 amide bonds. The van der Waals surface area contributed by atoms with Crippen LogP contribution in [0.2, 0.25) is 0 Å². The highest BCUT2D eigenvalue weighted by Gasteiger charge is 2.08. The molecule has 6 heteroatoms. The number of ether oxygens (including phenoxy) is 1. The summed E-state index contributed by atoms with van der Waals surface area (Å²) < 4.78 is 28.2. The van der Waals surface area contributed by atoms with Crippen LogP contribution in [0, 0.1) is 0 Å². The van der Waals surface area contributed by atoms with Crippen molar-refractivity contribution in [3.63, 3.8) is 0 Å². The predicted molar refractivity (Wildman–Crippen MR) is 87.3 cm³/mol. The predicted octanol–water partition coefficient (Wildman–Crippen LogP) is 2.73. The summed E-state index contributed by atoms with van der Waals surface area (Å²) in [7, 11) is -3.65. The fourth-order valence-corrected chi connectivity index (χ4v) is 2.49. The first kappa shape index (κ1) is 16.3. The quantitative estimate of drug-likeness (QED) is 0.857. The summed E-state index contributed by atoms with van der Waals surface area (Å²) in [5.74, 6) is 0.839. The Morgan fingerprint density at radius 2 is 1.73 bits per heavy atom. The molecule has 5 nitrogen and oxygen atoms in total. The van der Waals surface area contributed by atoms with Crippen molar-refractivity contribution in [1.82, 2.24) is 0 Å². The monoisotopic (exact) mass is 320 g/mol. The van der Waals surface area contributed by atoms with E-state index in [0.717, 1.165) is 17.0 Å². The molecular weight excluding hydrogens is 300 g/mol. The zero-order valence-corrected chi connectivity index (χ0v) is 13.4. The molecule has 0 atom stereocenters. The lowest BCUT2D eigenvalue weighted by atomic mass is 10.2. The van der Waals surface area contributed by atoms with E-state index in [9.17, 15) is 8.42 Å². The smallest absolute Gasteiger partial charge is 0.238 e. The van der Waals surface area contributed by atoms with Crippen LogP contribution in [0.15, 0.2) is 53.4 Å². The topological polar surface area (TPSA) is 81.4 Å². The van der Waals surface area contributed by atoms with Gasteiger partial charge in [-0.25, -0.2) is 13.6 Å². The molecule has 0 saturated carbocycles. The Balaban J connectivity index is 2.07. The molecule has 22 heavy (non-hydrogen) atoms. The van der Waals surface area contributed by atoms with E-state index in [-0.39, 0.29) is 11.0 Å². The van der Waals surface area contributed by atoms with E-state index in [1.807, 2.05) is 38.1 Å². The lowest BCUT2D eigenvalue weighted by Crippen LogP contribution is -2.12. The van der Waals surface area contributed by atoms with Crippen LogP contribution in [0.1, 0.15) is 19.4 Å². The van der Waals surface area contributed by atoms with Crippen LogP contribution in [-0.2, 0) is 16.6 Å². The summed E-state index contributed by atoms with van der Waals surface area (Å²) in [5.41, 5.74) is 1.85. The van der Waals surface area contributed by atoms with E-state index in [1.165, 1.54) is 12.1 Å². The number of sulfonamides is 1. The van der Waals surface area contributed by atoms with Gasteiger partial charge in [-0.2, -0.15) is 0 Å². The Bertz CT molecular complexity index is 725. The number of nitrogens with one attached hydrogen (secondary N) is 1. The van der Waals surface area contributed by atoms with Crippen molar-refractivity contribution in [2.45, 2.75) is 31.4 Å². The summed E-state index contributed by atoms with van der Waals surface area (Å²) in [6, 6.07) is 14.1. The molecular formula is C16H20N2O3S. The Labute approximate surface area is 131 Å². The van der Waals surface area contributed by atoms with Gasteiger partial charge in [0, 0.05) is 17.8 Å². The average molecular weight is 320 g/mol. The molecule has 0 heterocycles. The molecule has 0 unspecified atom stereocenters. The van der Waals surface area contributed by atoms with Crippen molar-refractivity contribution in [2.24, 2.45) is 5.14 Å². The Morgan fingerprint density at radius 1 is 1.09 bits per heavy atom. The third-order valence-corrected chi connectivity index (χ3v) is 3.93. The Kier molecular flexibility index (Phi) is 5.05. The highest BCUT2D eigenvalue weighted by molar-refractivity contribution is 7.89. The number of hydrogen-bond donors (Lipinski definition) is 2. The van der Waals surface area contributed by atoms with Crippen LogP contribution in [0.5, 0.6) is 5.75 Å². The number of primary sulfonamides is 1. The molecule has 3 N–H and O–H groups in total. The zero-order valence-electron chi connectivity index (χ0n) is 12.6. The van der Waals surface area contributed by atoms with Crippen LogP contribution in [0.4, 0.5) is 5.69 Å². The molecule has 0 fully saturated rings. The van der Waals surface area contributed by atoms with Crippen molar-refractivity contribution in [3.8, 4) is 5.75 Å². The van der Waals surface area contributed by atoms with Gasteiger partial charge in [0.05, 0.1) is 11.0 Å². The van der Waals surface area contributed by atoms with Gasteiger partial charge in [-0.05, 0) is 44.2 Å². The highest BCUT2D eigenvalue weighted by atomic mass is 32.2. The van der Waals surface area contributed by atoms with Crippen molar-refractivity contribution in [2.75, 3.05) is 5.32 Å². The Morgan fingerprint density at radius 3 is 2.32 bits per heavy atom. The molecule has 2 aromatic carbocycles. The molecule has 0 aliphatic carbocycles. The molecule has 0 saturated heterocycles. The number of hydrogen-bond acceptors (Lipinski definition) is 4. The first-order valence-electron chi connectivity index (χ1n) is 6.97. The largest absolute Gasteiger partial charge is 0.491 e. The van der Waals surface area contributed by atoms with Gasteiger partial charge in [0.25, 0.3) is 0 Å². The number of para-hydroxylation sites is 1. The standard InChI is InChI=1S/C16H20N2O3S/c1-12(2)21-16-6-4-3-5-13(16)11-18-14-7-9-15(10-8-14)22(17,19)20/h3-10,12,18H,11H2,1-2H3,(H2,17,19,20). The molecule has 0 spiro atoms. The summed E-state index contributed by atoms with van der Waals surface area (Å²) >= 11 is 0. The molecule has 0 radical (unpaired) electrons. The zero-order chi connectivity index (χ0) is 16.2. The molecule has 2 rings (SSSR count). The SMILES string of the molecule is CC(C)Oc1ccccc1CNc1ccc(S(N)(=O)=O)cc1. The number of anilines is 1. The first-order valence-corrected chi connectivity index (χ1v) is 8.52. The van der Waals surface area contributed by atoms with E-state index in [2.05, 4.69) is 5.32 Å². The Hall–Kier alpha value is -2.05. The van der Waals surface area contributed by atoms with E-state index in [0.29, 0.717) is 6.54 Å². The van der Waals surface area contributed by atoms with Gasteiger partial charge in [-0.1, -0.05) is 18.2 Å². The van der Waals surface area contributed by atoms with E-state index in [4.69, 9.17) is 9.88 Å². The maximum absolute atomic E-state index is 11.2. The first-order chi connectivity index (χ1) is 10.4. The van der Waals surface area contributed by atoms with Gasteiger partial charge in [0.1, 0.15) is 5.75 Å². The summed E-state index contributed by atoms with van der Waals surface area (Å²) in [4.78, 5) is 0.0987. The third-order valence-electron chi connectivity index (χ3n) is 3.00. The van der Waals surface area contributed by atoms with Crippen molar-refractivity contribution >= 4 is 15.7 Å². The highest BCUT2D eigenvalue weighted by Crippen LogP contribution is 2.21. The number of rotatable bonds is 6. The maximum atomic E-state index is 11.2. The number of benzene rings is 2. The van der Waals surface area contributed by atoms with Crippen molar-refractivity contribution in [3.05, 3.63) is 54.1 Å². The normalized spacial score (nSPS) is 11.5. The van der Waals surface area contributed by atoms with E-state index >= 15 is 0 Å². The summed E-state index contributed by atoms with van der Waals surface area (Å²) in [6.07, 6.45) is 0.107. The molecule has 0 aromatic heterocycles.